The summed E-state index contributed by atoms with van der Waals surface area (Å²) < 4.78 is 5.62. The number of carbonyl (C=O) groups is 2. The Morgan fingerprint density at radius 3 is 2.50 bits per heavy atom. The second-order valence-corrected chi connectivity index (χ2v) is 8.60. The predicted molar refractivity (Wildman–Crippen MR) is 106 cm³/mol. The predicted octanol–water partition coefficient (Wildman–Crippen LogP) is 4.55. The van der Waals surface area contributed by atoms with Gasteiger partial charge in [-0.1, -0.05) is 49.6 Å². The minimum absolute atomic E-state index is 0.0919. The monoisotopic (exact) mass is 375 g/mol. The van der Waals surface area contributed by atoms with E-state index in [0.29, 0.717) is 23.0 Å². The molecular weight excluding hydrogens is 350 g/mol. The molecule has 144 valence electrons. The second kappa shape index (κ2) is 6.77. The Morgan fingerprint density at radius 1 is 1.00 bits per heavy atom. The number of benzene rings is 2. The molecule has 0 aromatic heterocycles. The molecule has 1 saturated heterocycles. The Morgan fingerprint density at radius 2 is 1.75 bits per heavy atom. The lowest BCUT2D eigenvalue weighted by molar-refractivity contribution is -0.0155. The molecule has 3 aliphatic rings. The lowest BCUT2D eigenvalue weighted by Gasteiger charge is -2.52. The summed E-state index contributed by atoms with van der Waals surface area (Å²) in [6.07, 6.45) is 6.75. The van der Waals surface area contributed by atoms with E-state index in [1.165, 1.54) is 32.1 Å². The van der Waals surface area contributed by atoms with E-state index in [1.54, 1.807) is 12.1 Å². The van der Waals surface area contributed by atoms with Gasteiger partial charge in [-0.15, -0.1) is 0 Å². The number of hydrogen-bond donors (Lipinski definition) is 0. The van der Waals surface area contributed by atoms with Crippen LogP contribution in [-0.2, 0) is 11.2 Å². The number of hydrogen-bond acceptors (Lipinski definition) is 3. The van der Waals surface area contributed by atoms with Crippen molar-refractivity contribution in [2.24, 2.45) is 5.41 Å². The molecule has 4 nitrogen and oxygen atoms in total. The molecule has 1 atom stereocenters. The summed E-state index contributed by atoms with van der Waals surface area (Å²) >= 11 is 0. The van der Waals surface area contributed by atoms with Gasteiger partial charge in [-0.25, -0.2) is 4.79 Å². The van der Waals surface area contributed by atoms with Crippen LogP contribution in [0.2, 0.25) is 0 Å². The van der Waals surface area contributed by atoms with Gasteiger partial charge in [0.05, 0.1) is 5.56 Å². The third-order valence-electron chi connectivity index (χ3n) is 6.65. The Hall–Kier alpha value is -2.62. The Kier molecular flexibility index (Phi) is 4.22. The molecule has 2 heterocycles. The molecule has 1 aliphatic carbocycles. The number of fused-ring (bicyclic) bond motifs is 1. The number of carbonyl (C=O) groups excluding carboxylic acids is 2. The van der Waals surface area contributed by atoms with Crippen LogP contribution in [0.25, 0.3) is 0 Å². The van der Waals surface area contributed by atoms with Gasteiger partial charge in [0.25, 0.3) is 5.91 Å². The van der Waals surface area contributed by atoms with E-state index >= 15 is 0 Å². The first-order valence-electron chi connectivity index (χ1n) is 10.3. The van der Waals surface area contributed by atoms with Crippen LogP contribution in [0.4, 0.5) is 0 Å². The van der Waals surface area contributed by atoms with Crippen LogP contribution >= 0.6 is 0 Å². The lowest BCUT2D eigenvalue weighted by Crippen LogP contribution is -2.59. The number of esters is 1. The summed E-state index contributed by atoms with van der Waals surface area (Å²) in [4.78, 5) is 27.4. The summed E-state index contributed by atoms with van der Waals surface area (Å²) in [5, 5.41) is 0. The molecule has 2 aromatic rings. The van der Waals surface area contributed by atoms with Crippen molar-refractivity contribution >= 4 is 11.9 Å². The maximum Gasteiger partial charge on any atom is 0.339 e. The maximum atomic E-state index is 13.0. The molecule has 4 heteroatoms. The van der Waals surface area contributed by atoms with E-state index in [0.717, 1.165) is 24.2 Å². The summed E-state index contributed by atoms with van der Waals surface area (Å²) in [5.41, 5.74) is 3.54. The topological polar surface area (TPSA) is 46.6 Å². The van der Waals surface area contributed by atoms with E-state index in [2.05, 4.69) is 0 Å². The van der Waals surface area contributed by atoms with Crippen LogP contribution in [0.1, 0.15) is 70.1 Å². The third kappa shape index (κ3) is 3.01. The average Bonchev–Trinajstić information content (AvgIpc) is 2.72. The highest BCUT2D eigenvalue weighted by atomic mass is 16.5. The highest BCUT2D eigenvalue weighted by molar-refractivity contribution is 5.98. The number of ether oxygens (including phenoxy) is 1. The molecule has 5 rings (SSSR count). The van der Waals surface area contributed by atoms with Gasteiger partial charge in [0, 0.05) is 30.5 Å². The van der Waals surface area contributed by atoms with Crippen molar-refractivity contribution in [2.75, 3.05) is 13.1 Å². The fraction of sp³-hybridized carbons (Fsp3) is 0.417. The summed E-state index contributed by atoms with van der Waals surface area (Å²) in [6.45, 7) is 1.77. The van der Waals surface area contributed by atoms with Crippen LogP contribution in [0.5, 0.6) is 0 Å². The van der Waals surface area contributed by atoms with Gasteiger partial charge in [0.1, 0.15) is 6.10 Å². The minimum Gasteiger partial charge on any atom is -0.454 e. The zero-order chi connectivity index (χ0) is 19.1. The van der Waals surface area contributed by atoms with Crippen molar-refractivity contribution in [3.63, 3.8) is 0 Å². The molecule has 2 aliphatic heterocycles. The molecule has 0 N–H and O–H groups in total. The molecular formula is C24H25NO3. The number of nitrogens with zero attached hydrogens (tertiary/aromatic N) is 1. The molecule has 1 unspecified atom stereocenters. The molecule has 28 heavy (non-hydrogen) atoms. The second-order valence-electron chi connectivity index (χ2n) is 8.60. The normalized spacial score (nSPS) is 22.9. The summed E-state index contributed by atoms with van der Waals surface area (Å²) in [5.74, 6) is -0.214. The molecule has 0 radical (unpaired) electrons. The van der Waals surface area contributed by atoms with Crippen LogP contribution in [-0.4, -0.2) is 29.9 Å². The number of rotatable bonds is 2. The number of likely N-dealkylation sites (tertiary alicyclic amines) is 1. The standard InChI is InChI=1S/C24H25NO3/c26-22(25-15-24(16-25)11-5-2-6-12-24)18-9-10-20-19(13-18)14-21(28-23(20)27)17-7-3-1-4-8-17/h1,3-4,7-10,13,21H,2,5-6,11-12,14-16H2. The number of amides is 1. The zero-order valence-electron chi connectivity index (χ0n) is 16.0. The summed E-state index contributed by atoms with van der Waals surface area (Å²) in [6, 6.07) is 15.2. The fourth-order valence-corrected chi connectivity index (χ4v) is 5.09. The van der Waals surface area contributed by atoms with E-state index in [9.17, 15) is 9.59 Å². The molecule has 1 saturated carbocycles. The first-order valence-corrected chi connectivity index (χ1v) is 10.3. The van der Waals surface area contributed by atoms with Gasteiger partial charge in [-0.05, 0) is 42.2 Å². The van der Waals surface area contributed by atoms with Crippen LogP contribution < -0.4 is 0 Å². The van der Waals surface area contributed by atoms with Crippen LogP contribution in [0.3, 0.4) is 0 Å². The highest BCUT2D eigenvalue weighted by Crippen LogP contribution is 2.44. The Balaban J connectivity index is 1.34. The third-order valence-corrected chi connectivity index (χ3v) is 6.65. The quantitative estimate of drug-likeness (QED) is 0.724. The van der Waals surface area contributed by atoms with Crippen molar-refractivity contribution in [3.05, 3.63) is 70.8 Å². The van der Waals surface area contributed by atoms with Gasteiger partial charge in [-0.3, -0.25) is 4.79 Å². The fourth-order valence-electron chi connectivity index (χ4n) is 5.09. The summed E-state index contributed by atoms with van der Waals surface area (Å²) in [7, 11) is 0. The van der Waals surface area contributed by atoms with Gasteiger partial charge in [-0.2, -0.15) is 0 Å². The molecule has 0 bridgehead atoms. The Bertz CT molecular complexity index is 907. The SMILES string of the molecule is O=C1OC(c2ccccc2)Cc2cc(C(=O)N3CC4(CCCCC4)C3)ccc21. The smallest absolute Gasteiger partial charge is 0.339 e. The molecule has 1 amide bonds. The van der Waals surface area contributed by atoms with Crippen molar-refractivity contribution in [3.8, 4) is 0 Å². The Labute approximate surface area is 165 Å². The zero-order valence-corrected chi connectivity index (χ0v) is 16.0. The van der Waals surface area contributed by atoms with Crippen molar-refractivity contribution in [2.45, 2.75) is 44.6 Å². The molecule has 2 aromatic carbocycles. The first kappa shape index (κ1) is 17.5. The van der Waals surface area contributed by atoms with Crippen molar-refractivity contribution in [1.29, 1.82) is 0 Å². The lowest BCUT2D eigenvalue weighted by atomic mass is 9.68. The average molecular weight is 375 g/mol. The number of cyclic esters (lactones) is 1. The molecule has 2 fully saturated rings. The van der Waals surface area contributed by atoms with Gasteiger partial charge >= 0.3 is 5.97 Å². The van der Waals surface area contributed by atoms with E-state index < -0.39 is 0 Å². The highest BCUT2D eigenvalue weighted by Gasteiger charge is 2.45. The van der Waals surface area contributed by atoms with Crippen molar-refractivity contribution in [1.82, 2.24) is 4.90 Å². The first-order chi connectivity index (χ1) is 13.6. The van der Waals surface area contributed by atoms with Crippen LogP contribution in [0, 0.1) is 5.41 Å². The van der Waals surface area contributed by atoms with Gasteiger partial charge in [0.15, 0.2) is 0 Å². The van der Waals surface area contributed by atoms with Crippen LogP contribution in [0.15, 0.2) is 48.5 Å². The maximum absolute atomic E-state index is 13.0. The van der Waals surface area contributed by atoms with Gasteiger partial charge in [0.2, 0.25) is 0 Å². The van der Waals surface area contributed by atoms with Gasteiger partial charge < -0.3 is 9.64 Å². The minimum atomic E-state index is -0.306. The largest absolute Gasteiger partial charge is 0.454 e. The van der Waals surface area contributed by atoms with E-state index in [-0.39, 0.29) is 18.0 Å². The molecule has 1 spiro atoms. The van der Waals surface area contributed by atoms with E-state index in [4.69, 9.17) is 4.74 Å². The van der Waals surface area contributed by atoms with E-state index in [1.807, 2.05) is 41.3 Å². The van der Waals surface area contributed by atoms with Crippen molar-refractivity contribution < 1.29 is 14.3 Å².